The number of amides is 2. The lowest BCUT2D eigenvalue weighted by Gasteiger charge is -2.42. The van der Waals surface area contributed by atoms with Crippen LogP contribution in [-0.4, -0.2) is 60.4 Å². The number of rotatable bonds is 7. The van der Waals surface area contributed by atoms with Gasteiger partial charge >= 0.3 is 0 Å². The Bertz CT molecular complexity index is 653. The van der Waals surface area contributed by atoms with Crippen LogP contribution in [0.2, 0.25) is 0 Å². The standard InChI is InChI=1S/C23H33N3O2/c1-2-7-22(27)25-16-12-21(13-17-25)26-15-6-10-20(18-26)23(28)24-14-11-19-8-4-3-5-9-19/h2-5,8-9,20-21H,1,6-7,10-18H2,(H,24,28). The highest BCUT2D eigenvalue weighted by Crippen LogP contribution is 2.24. The SMILES string of the molecule is C=CCC(=O)N1CCC(N2CCCC(C(=O)NCCc3ccccc3)C2)CC1. The van der Waals surface area contributed by atoms with E-state index in [-0.39, 0.29) is 17.7 Å². The summed E-state index contributed by atoms with van der Waals surface area (Å²) in [6, 6.07) is 10.8. The summed E-state index contributed by atoms with van der Waals surface area (Å²) in [6.45, 7) is 7.91. The van der Waals surface area contributed by atoms with Crippen LogP contribution in [-0.2, 0) is 16.0 Å². The third-order valence-corrected chi connectivity index (χ3v) is 6.03. The quantitative estimate of drug-likeness (QED) is 0.737. The Morgan fingerprint density at radius 1 is 1.11 bits per heavy atom. The highest BCUT2D eigenvalue weighted by molar-refractivity contribution is 5.79. The second-order valence-corrected chi connectivity index (χ2v) is 7.97. The molecule has 2 fully saturated rings. The van der Waals surface area contributed by atoms with Crippen LogP contribution in [0.5, 0.6) is 0 Å². The lowest BCUT2D eigenvalue weighted by Crippen LogP contribution is -2.51. The number of likely N-dealkylation sites (tertiary alicyclic amines) is 2. The molecule has 0 bridgehead atoms. The monoisotopic (exact) mass is 383 g/mol. The number of nitrogens with zero attached hydrogens (tertiary/aromatic N) is 2. The molecule has 2 heterocycles. The number of carbonyl (C=O) groups excluding carboxylic acids is 2. The van der Waals surface area contributed by atoms with Crippen molar-refractivity contribution in [3.63, 3.8) is 0 Å². The number of nitrogens with one attached hydrogen (secondary N) is 1. The highest BCUT2D eigenvalue weighted by atomic mass is 16.2. The number of hydrogen-bond donors (Lipinski definition) is 1. The Hall–Kier alpha value is -2.14. The molecule has 2 aliphatic rings. The Morgan fingerprint density at radius 3 is 2.57 bits per heavy atom. The molecule has 1 unspecified atom stereocenters. The van der Waals surface area contributed by atoms with Gasteiger partial charge in [-0.05, 0) is 44.2 Å². The van der Waals surface area contributed by atoms with Crippen LogP contribution in [0, 0.1) is 5.92 Å². The molecule has 2 amide bonds. The van der Waals surface area contributed by atoms with Crippen molar-refractivity contribution in [3.05, 3.63) is 48.6 Å². The zero-order chi connectivity index (χ0) is 19.8. The van der Waals surface area contributed by atoms with Gasteiger partial charge in [0.25, 0.3) is 0 Å². The van der Waals surface area contributed by atoms with Crippen LogP contribution in [0.1, 0.15) is 37.7 Å². The van der Waals surface area contributed by atoms with E-state index in [1.807, 2.05) is 23.1 Å². The van der Waals surface area contributed by atoms with Gasteiger partial charge in [-0.1, -0.05) is 36.4 Å². The molecule has 152 valence electrons. The van der Waals surface area contributed by atoms with Crippen molar-refractivity contribution in [1.29, 1.82) is 0 Å². The van der Waals surface area contributed by atoms with Gasteiger partial charge in [0.1, 0.15) is 0 Å². The molecular weight excluding hydrogens is 350 g/mol. The molecule has 0 aliphatic carbocycles. The van der Waals surface area contributed by atoms with E-state index in [0.717, 1.165) is 58.3 Å². The second-order valence-electron chi connectivity index (χ2n) is 7.97. The van der Waals surface area contributed by atoms with Gasteiger partial charge in [0.15, 0.2) is 0 Å². The molecule has 1 atom stereocenters. The summed E-state index contributed by atoms with van der Waals surface area (Å²) in [5.74, 6) is 0.465. The fourth-order valence-corrected chi connectivity index (χ4v) is 4.40. The third kappa shape index (κ3) is 5.68. The molecular formula is C23H33N3O2. The number of hydrogen-bond acceptors (Lipinski definition) is 3. The second kappa shape index (κ2) is 10.4. The fourth-order valence-electron chi connectivity index (χ4n) is 4.40. The Kier molecular flexibility index (Phi) is 7.66. The average Bonchev–Trinajstić information content (AvgIpc) is 2.75. The van der Waals surface area contributed by atoms with Crippen LogP contribution in [0.3, 0.4) is 0 Å². The zero-order valence-corrected chi connectivity index (χ0v) is 16.8. The van der Waals surface area contributed by atoms with Crippen molar-refractivity contribution in [2.75, 3.05) is 32.7 Å². The first-order valence-corrected chi connectivity index (χ1v) is 10.6. The Morgan fingerprint density at radius 2 is 1.86 bits per heavy atom. The molecule has 5 heteroatoms. The molecule has 1 aromatic carbocycles. The predicted octanol–water partition coefficient (Wildman–Crippen LogP) is 2.62. The molecule has 1 N–H and O–H groups in total. The summed E-state index contributed by atoms with van der Waals surface area (Å²) >= 11 is 0. The predicted molar refractivity (Wildman–Crippen MR) is 112 cm³/mol. The Balaban J connectivity index is 1.42. The molecule has 2 aliphatic heterocycles. The Labute approximate surface area is 168 Å². The van der Waals surface area contributed by atoms with E-state index in [1.165, 1.54) is 5.56 Å². The molecule has 0 saturated carbocycles. The summed E-state index contributed by atoms with van der Waals surface area (Å²) in [5, 5.41) is 3.13. The van der Waals surface area contributed by atoms with E-state index >= 15 is 0 Å². The van der Waals surface area contributed by atoms with E-state index in [4.69, 9.17) is 0 Å². The van der Waals surface area contributed by atoms with E-state index in [0.29, 0.717) is 19.0 Å². The molecule has 2 saturated heterocycles. The lowest BCUT2D eigenvalue weighted by atomic mass is 9.93. The average molecular weight is 384 g/mol. The maximum Gasteiger partial charge on any atom is 0.226 e. The van der Waals surface area contributed by atoms with Crippen molar-refractivity contribution in [2.24, 2.45) is 5.92 Å². The van der Waals surface area contributed by atoms with Gasteiger partial charge in [0.05, 0.1) is 5.92 Å². The van der Waals surface area contributed by atoms with Gasteiger partial charge in [-0.25, -0.2) is 0 Å². The van der Waals surface area contributed by atoms with Crippen molar-refractivity contribution >= 4 is 11.8 Å². The molecule has 0 aromatic heterocycles. The minimum Gasteiger partial charge on any atom is -0.355 e. The minimum absolute atomic E-state index is 0.0879. The molecule has 0 radical (unpaired) electrons. The molecule has 0 spiro atoms. The van der Waals surface area contributed by atoms with Crippen LogP contribution >= 0.6 is 0 Å². The first-order chi connectivity index (χ1) is 13.7. The first-order valence-electron chi connectivity index (χ1n) is 10.6. The van der Waals surface area contributed by atoms with Crippen LogP contribution in [0.25, 0.3) is 0 Å². The lowest BCUT2D eigenvalue weighted by molar-refractivity contribution is -0.132. The largest absolute Gasteiger partial charge is 0.355 e. The topological polar surface area (TPSA) is 52.7 Å². The van der Waals surface area contributed by atoms with Gasteiger partial charge in [-0.15, -0.1) is 6.58 Å². The minimum atomic E-state index is 0.0879. The summed E-state index contributed by atoms with van der Waals surface area (Å²) in [7, 11) is 0. The molecule has 1 aromatic rings. The van der Waals surface area contributed by atoms with Crippen molar-refractivity contribution in [1.82, 2.24) is 15.1 Å². The normalized spacial score (nSPS) is 21.3. The van der Waals surface area contributed by atoms with Crippen LogP contribution in [0.4, 0.5) is 0 Å². The smallest absolute Gasteiger partial charge is 0.226 e. The van der Waals surface area contributed by atoms with Gasteiger partial charge in [-0.2, -0.15) is 0 Å². The first kappa shape index (κ1) is 20.6. The number of piperidine rings is 2. The van der Waals surface area contributed by atoms with Crippen molar-refractivity contribution in [3.8, 4) is 0 Å². The summed E-state index contributed by atoms with van der Waals surface area (Å²) < 4.78 is 0. The van der Waals surface area contributed by atoms with Gasteiger partial charge in [-0.3, -0.25) is 14.5 Å². The fraction of sp³-hybridized carbons (Fsp3) is 0.565. The van der Waals surface area contributed by atoms with E-state index in [1.54, 1.807) is 6.08 Å². The van der Waals surface area contributed by atoms with E-state index in [9.17, 15) is 9.59 Å². The highest BCUT2D eigenvalue weighted by Gasteiger charge is 2.32. The molecule has 3 rings (SSSR count). The summed E-state index contributed by atoms with van der Waals surface area (Å²) in [4.78, 5) is 29.1. The number of carbonyl (C=O) groups is 2. The zero-order valence-electron chi connectivity index (χ0n) is 16.8. The molecule has 28 heavy (non-hydrogen) atoms. The summed E-state index contributed by atoms with van der Waals surface area (Å²) in [5.41, 5.74) is 1.26. The van der Waals surface area contributed by atoms with Gasteiger partial charge in [0, 0.05) is 38.6 Å². The summed E-state index contributed by atoms with van der Waals surface area (Å²) in [6.07, 6.45) is 7.05. The maximum absolute atomic E-state index is 12.6. The van der Waals surface area contributed by atoms with Gasteiger partial charge in [0.2, 0.25) is 11.8 Å². The maximum atomic E-state index is 12.6. The van der Waals surface area contributed by atoms with Gasteiger partial charge < -0.3 is 10.2 Å². The molecule has 5 nitrogen and oxygen atoms in total. The van der Waals surface area contributed by atoms with Crippen LogP contribution in [0.15, 0.2) is 43.0 Å². The van der Waals surface area contributed by atoms with Crippen LogP contribution < -0.4 is 5.32 Å². The third-order valence-electron chi connectivity index (χ3n) is 6.03. The number of benzene rings is 1. The van der Waals surface area contributed by atoms with E-state index < -0.39 is 0 Å². The van der Waals surface area contributed by atoms with Crippen molar-refractivity contribution < 1.29 is 9.59 Å². The van der Waals surface area contributed by atoms with Crippen molar-refractivity contribution in [2.45, 2.75) is 44.6 Å². The van der Waals surface area contributed by atoms with E-state index in [2.05, 4.69) is 28.9 Å².